The number of ether oxygens (including phenoxy) is 5. The molecular weight excluding hydrogens is 814 g/mol. The summed E-state index contributed by atoms with van der Waals surface area (Å²) in [6, 6.07) is -0.920. The van der Waals surface area contributed by atoms with E-state index in [0.29, 0.717) is 83.7 Å². The van der Waals surface area contributed by atoms with Gasteiger partial charge in [0.2, 0.25) is 17.7 Å². The van der Waals surface area contributed by atoms with Crippen LogP contribution in [0.1, 0.15) is 117 Å². The molecule has 0 bridgehead atoms. The van der Waals surface area contributed by atoms with Crippen molar-refractivity contribution in [2.45, 2.75) is 184 Å². The van der Waals surface area contributed by atoms with E-state index >= 15 is 0 Å². The van der Waals surface area contributed by atoms with Crippen LogP contribution in [-0.4, -0.2) is 185 Å². The molecule has 3 heterocycles. The van der Waals surface area contributed by atoms with Gasteiger partial charge in [-0.3, -0.25) is 19.2 Å². The second-order valence-corrected chi connectivity index (χ2v) is 17.1. The first-order valence-corrected chi connectivity index (χ1v) is 22.8. The third-order valence-corrected chi connectivity index (χ3v) is 12.3. The second-order valence-electron chi connectivity index (χ2n) is 17.1. The van der Waals surface area contributed by atoms with Crippen LogP contribution in [0.2, 0.25) is 0 Å². The number of ketones is 1. The summed E-state index contributed by atoms with van der Waals surface area (Å²) in [5.74, 6) is -1.50. The fourth-order valence-electron chi connectivity index (χ4n) is 8.14. The van der Waals surface area contributed by atoms with Gasteiger partial charge in [-0.15, -0.1) is 0 Å². The first-order chi connectivity index (χ1) is 29.8. The van der Waals surface area contributed by atoms with Gasteiger partial charge in [0.05, 0.1) is 50.2 Å². The Balaban J connectivity index is 1.37. The van der Waals surface area contributed by atoms with E-state index in [2.05, 4.69) is 10.6 Å². The molecule has 3 fully saturated rings. The number of hydrogen-bond acceptors (Lipinski definition) is 16. The number of likely N-dealkylation sites (tertiary alicyclic amines) is 1. The van der Waals surface area contributed by atoms with Gasteiger partial charge in [0, 0.05) is 70.9 Å². The van der Waals surface area contributed by atoms with E-state index < -0.39 is 80.3 Å². The Bertz CT molecular complexity index is 1310. The van der Waals surface area contributed by atoms with Crippen LogP contribution in [0.4, 0.5) is 0 Å². The van der Waals surface area contributed by atoms with E-state index in [-0.39, 0.29) is 74.7 Å². The van der Waals surface area contributed by atoms with Gasteiger partial charge in [-0.05, 0) is 64.2 Å². The smallest absolute Gasteiger partial charge is 0.222 e. The highest BCUT2D eigenvalue weighted by Gasteiger charge is 2.43. The maximum atomic E-state index is 13.4. The predicted molar refractivity (Wildman–Crippen MR) is 223 cm³/mol. The zero-order valence-corrected chi connectivity index (χ0v) is 37.0. The number of Topliss-reactive ketones (excluding diaryl/α,β-unsaturated/α-hetero) is 1. The lowest BCUT2D eigenvalue weighted by molar-refractivity contribution is -0.282. The Morgan fingerprint density at radius 3 is 1.73 bits per heavy atom. The number of methoxy groups -OCH3 is 1. The maximum absolute atomic E-state index is 13.4. The third-order valence-electron chi connectivity index (χ3n) is 12.3. The van der Waals surface area contributed by atoms with Crippen LogP contribution < -0.4 is 10.6 Å². The number of hydrogen-bond donors (Lipinski definition) is 9. The maximum Gasteiger partial charge on any atom is 0.222 e. The number of aliphatic hydroxyl groups is 7. The van der Waals surface area contributed by atoms with Crippen molar-refractivity contribution in [3.63, 3.8) is 0 Å². The van der Waals surface area contributed by atoms with Gasteiger partial charge in [0.1, 0.15) is 24.4 Å². The molecule has 19 heteroatoms. The fraction of sp³-hybridized carbons (Fsp3) is 0.907. The molecule has 0 spiro atoms. The first kappa shape index (κ1) is 53.9. The van der Waals surface area contributed by atoms with Gasteiger partial charge in [-0.25, -0.2) is 0 Å². The molecule has 10 unspecified atom stereocenters. The predicted octanol–water partition coefficient (Wildman–Crippen LogP) is -0.200. The van der Waals surface area contributed by atoms with Crippen molar-refractivity contribution in [3.05, 3.63) is 0 Å². The lowest BCUT2D eigenvalue weighted by Crippen LogP contribution is -2.55. The third kappa shape index (κ3) is 17.5. The van der Waals surface area contributed by atoms with Crippen LogP contribution in [0.25, 0.3) is 0 Å². The summed E-state index contributed by atoms with van der Waals surface area (Å²) in [4.78, 5) is 53.4. The molecule has 360 valence electrons. The lowest BCUT2D eigenvalue weighted by Gasteiger charge is -2.40. The van der Waals surface area contributed by atoms with Crippen LogP contribution >= 0.6 is 0 Å². The molecule has 0 aromatic rings. The average molecular weight is 892 g/mol. The highest BCUT2D eigenvalue weighted by Crippen LogP contribution is 2.28. The first-order valence-electron chi connectivity index (χ1n) is 22.8. The zero-order chi connectivity index (χ0) is 45.6. The molecule has 19 nitrogen and oxygen atoms in total. The molecule has 3 amide bonds. The standard InChI is InChI=1S/C43H77N3O16/c1-27-38(54)40(56)33(25-48)61-42(27)59-20-12-9-16-35(51)44-19-11-8-14-31(32(50)15-6-4-5-7-18-37(53)46-23-30(58-3)22-29(46)24-47)45-36(52)17-10-13-21-60-43-28(2)39(55)41(57)34(26-49)62-43/h27-31,33-34,38-43,47-49,54-57H,4-26H2,1-3H3,(H,44,51)(H,45,52)/t27?,28?,29-,30+,31-,33?,34?,38?,39?,40?,41?,42?,43?/m0/s1. The summed E-state index contributed by atoms with van der Waals surface area (Å²) in [6.45, 7) is 3.73. The highest BCUT2D eigenvalue weighted by atomic mass is 16.7. The van der Waals surface area contributed by atoms with Crippen LogP contribution in [0.15, 0.2) is 0 Å². The van der Waals surface area contributed by atoms with Gasteiger partial charge >= 0.3 is 0 Å². The van der Waals surface area contributed by atoms with Gasteiger partial charge in [0.25, 0.3) is 0 Å². The van der Waals surface area contributed by atoms with Crippen molar-refractivity contribution in [2.75, 3.05) is 53.2 Å². The molecule has 9 N–H and O–H groups in total. The molecule has 0 aromatic heterocycles. The van der Waals surface area contributed by atoms with Crippen molar-refractivity contribution in [1.29, 1.82) is 0 Å². The van der Waals surface area contributed by atoms with Gasteiger partial charge in [-0.1, -0.05) is 26.7 Å². The van der Waals surface area contributed by atoms with Crippen molar-refractivity contribution in [2.24, 2.45) is 11.8 Å². The minimum Gasteiger partial charge on any atom is -0.394 e. The Labute approximate surface area is 366 Å². The molecule has 3 aliphatic rings. The Kier molecular flexibility index (Phi) is 25.4. The van der Waals surface area contributed by atoms with Crippen molar-refractivity contribution < 1.29 is 78.6 Å². The lowest BCUT2D eigenvalue weighted by atomic mass is 9.92. The molecule has 62 heavy (non-hydrogen) atoms. The largest absolute Gasteiger partial charge is 0.394 e. The summed E-state index contributed by atoms with van der Waals surface area (Å²) < 4.78 is 28.0. The summed E-state index contributed by atoms with van der Waals surface area (Å²) in [5.41, 5.74) is 0. The fourth-order valence-corrected chi connectivity index (χ4v) is 8.14. The van der Waals surface area contributed by atoms with Gasteiger partial charge in [-0.2, -0.15) is 0 Å². The van der Waals surface area contributed by atoms with Crippen LogP contribution in [-0.2, 0) is 42.9 Å². The van der Waals surface area contributed by atoms with E-state index in [9.17, 15) is 54.9 Å². The minimum absolute atomic E-state index is 0.0102. The van der Waals surface area contributed by atoms with Crippen molar-refractivity contribution >= 4 is 23.5 Å². The summed E-state index contributed by atoms with van der Waals surface area (Å²) in [7, 11) is 1.60. The topological polar surface area (TPSA) is 283 Å². The molecule has 0 radical (unpaired) electrons. The molecule has 0 saturated carbocycles. The van der Waals surface area contributed by atoms with E-state index in [0.717, 1.165) is 12.8 Å². The molecule has 3 rings (SSSR count). The number of aliphatic hydroxyl groups excluding tert-OH is 7. The average Bonchev–Trinajstić information content (AvgIpc) is 3.70. The quantitative estimate of drug-likeness (QED) is 0.0422. The molecule has 3 saturated heterocycles. The summed E-state index contributed by atoms with van der Waals surface area (Å²) in [5, 5.41) is 74.8. The Morgan fingerprint density at radius 2 is 1.19 bits per heavy atom. The van der Waals surface area contributed by atoms with Crippen LogP contribution in [0.5, 0.6) is 0 Å². The van der Waals surface area contributed by atoms with Gasteiger partial charge < -0.3 is 75.0 Å². The number of carbonyl (C=O) groups excluding carboxylic acids is 4. The molecule has 13 atom stereocenters. The van der Waals surface area contributed by atoms with E-state index in [1.165, 1.54) is 0 Å². The Hall–Kier alpha value is -2.40. The molecular formula is C43H77N3O16. The van der Waals surface area contributed by atoms with E-state index in [4.69, 9.17) is 23.7 Å². The zero-order valence-electron chi connectivity index (χ0n) is 37.0. The van der Waals surface area contributed by atoms with E-state index in [1.54, 1.807) is 25.9 Å². The summed E-state index contributed by atoms with van der Waals surface area (Å²) in [6.07, 6.45) is -0.0862. The number of nitrogens with zero attached hydrogens (tertiary/aromatic N) is 1. The number of amides is 3. The SMILES string of the molecule is CO[C@@H]1C[C@@H](CO)N(C(=O)CCCCCCC(=O)[C@H](CCCCNC(=O)CCCCOC2OC(CO)C(O)C(O)C2C)NC(=O)CCCCOC2OC(CO)C(O)C(O)C2C)C1. The number of unbranched alkanes of at least 4 members (excludes halogenated alkanes) is 6. The second kappa shape index (κ2) is 29.2. The number of carbonyl (C=O) groups is 4. The minimum atomic E-state index is -1.22. The normalized spacial score (nSPS) is 30.6. The number of rotatable bonds is 30. The van der Waals surface area contributed by atoms with Gasteiger partial charge in [0.15, 0.2) is 18.4 Å². The molecule has 3 aliphatic heterocycles. The summed E-state index contributed by atoms with van der Waals surface area (Å²) >= 11 is 0. The highest BCUT2D eigenvalue weighted by molar-refractivity contribution is 5.89. The monoisotopic (exact) mass is 892 g/mol. The van der Waals surface area contributed by atoms with Crippen LogP contribution in [0.3, 0.4) is 0 Å². The molecule has 0 aliphatic carbocycles. The molecule has 0 aromatic carbocycles. The van der Waals surface area contributed by atoms with Crippen molar-refractivity contribution in [3.8, 4) is 0 Å². The van der Waals surface area contributed by atoms with E-state index in [1.807, 2.05) is 0 Å². The van der Waals surface area contributed by atoms with Crippen molar-refractivity contribution in [1.82, 2.24) is 15.5 Å². The Morgan fingerprint density at radius 1 is 0.661 bits per heavy atom. The van der Waals surface area contributed by atoms with Crippen LogP contribution in [0, 0.1) is 11.8 Å². The number of nitrogens with one attached hydrogen (secondary N) is 2.